The predicted octanol–water partition coefficient (Wildman–Crippen LogP) is 4.03. The lowest BCUT2D eigenvalue weighted by molar-refractivity contribution is -0.00663. The Bertz CT molecular complexity index is 426. The number of benzene rings is 1. The molecule has 2 rings (SSSR count). The fraction of sp³-hybridized carbons (Fsp3) is 0.600. The van der Waals surface area contributed by atoms with Crippen LogP contribution in [0.25, 0.3) is 0 Å². The van der Waals surface area contributed by atoms with Gasteiger partial charge in [0.15, 0.2) is 0 Å². The molecule has 2 atom stereocenters. The largest absolute Gasteiger partial charge is 0.385 e. The molecule has 1 aliphatic carbocycles. The van der Waals surface area contributed by atoms with E-state index in [2.05, 4.69) is 0 Å². The molecule has 2 unspecified atom stereocenters. The zero-order valence-corrected chi connectivity index (χ0v) is 10.9. The van der Waals surface area contributed by atoms with Gasteiger partial charge in [0.25, 0.3) is 0 Å². The molecular formula is C15H20F2O. The van der Waals surface area contributed by atoms with Gasteiger partial charge in [-0.15, -0.1) is 0 Å². The Morgan fingerprint density at radius 1 is 1.44 bits per heavy atom. The highest BCUT2D eigenvalue weighted by Crippen LogP contribution is 2.43. The fourth-order valence-electron chi connectivity index (χ4n) is 2.88. The third-order valence-electron chi connectivity index (χ3n) is 3.83. The van der Waals surface area contributed by atoms with Crippen molar-refractivity contribution in [1.82, 2.24) is 0 Å². The summed E-state index contributed by atoms with van der Waals surface area (Å²) in [5, 5.41) is 10.5. The minimum atomic E-state index is -2.53. The van der Waals surface area contributed by atoms with E-state index in [1.807, 2.05) is 31.2 Å². The van der Waals surface area contributed by atoms with Crippen LogP contribution >= 0.6 is 0 Å². The lowest BCUT2D eigenvalue weighted by Crippen LogP contribution is -2.25. The summed E-state index contributed by atoms with van der Waals surface area (Å²) in [6.45, 7) is 3.68. The van der Waals surface area contributed by atoms with Gasteiger partial charge in [0.2, 0.25) is 5.92 Å². The zero-order valence-electron chi connectivity index (χ0n) is 10.9. The van der Waals surface area contributed by atoms with E-state index in [1.54, 1.807) is 6.92 Å². The summed E-state index contributed by atoms with van der Waals surface area (Å²) in [7, 11) is 0. The van der Waals surface area contributed by atoms with Crippen LogP contribution in [0.15, 0.2) is 24.3 Å². The van der Waals surface area contributed by atoms with Gasteiger partial charge in [-0.25, -0.2) is 8.78 Å². The van der Waals surface area contributed by atoms with Crippen LogP contribution in [-0.2, 0) is 5.60 Å². The van der Waals surface area contributed by atoms with E-state index >= 15 is 0 Å². The minimum Gasteiger partial charge on any atom is -0.385 e. The van der Waals surface area contributed by atoms with Crippen molar-refractivity contribution in [3.63, 3.8) is 0 Å². The molecule has 0 spiro atoms. The number of halogens is 2. The van der Waals surface area contributed by atoms with Crippen LogP contribution in [0.1, 0.15) is 43.7 Å². The number of hydrogen-bond acceptors (Lipinski definition) is 1. The summed E-state index contributed by atoms with van der Waals surface area (Å²) in [4.78, 5) is 0. The van der Waals surface area contributed by atoms with Crippen molar-refractivity contribution in [2.75, 3.05) is 0 Å². The molecule has 1 aromatic rings. The Kier molecular flexibility index (Phi) is 3.45. The van der Waals surface area contributed by atoms with E-state index < -0.39 is 11.5 Å². The van der Waals surface area contributed by atoms with Gasteiger partial charge in [0.05, 0.1) is 5.60 Å². The number of rotatable bonds is 3. The van der Waals surface area contributed by atoms with Gasteiger partial charge < -0.3 is 5.11 Å². The molecule has 0 heterocycles. The van der Waals surface area contributed by atoms with Crippen LogP contribution in [0.2, 0.25) is 0 Å². The highest BCUT2D eigenvalue weighted by Gasteiger charge is 2.41. The Morgan fingerprint density at radius 3 is 2.72 bits per heavy atom. The molecule has 0 bridgehead atoms. The second kappa shape index (κ2) is 4.61. The molecule has 1 saturated carbocycles. The number of aliphatic hydroxyl groups is 1. The summed E-state index contributed by atoms with van der Waals surface area (Å²) in [6.07, 6.45) is 0.789. The lowest BCUT2D eigenvalue weighted by atomic mass is 9.85. The van der Waals surface area contributed by atoms with E-state index in [-0.39, 0.29) is 18.8 Å². The molecular weight excluding hydrogens is 234 g/mol. The molecule has 0 amide bonds. The van der Waals surface area contributed by atoms with Gasteiger partial charge in [-0.05, 0) is 38.2 Å². The van der Waals surface area contributed by atoms with E-state index in [0.29, 0.717) is 12.8 Å². The van der Waals surface area contributed by atoms with Crippen LogP contribution < -0.4 is 0 Å². The van der Waals surface area contributed by atoms with Gasteiger partial charge in [-0.2, -0.15) is 0 Å². The molecule has 100 valence electrons. The Labute approximate surface area is 107 Å². The molecule has 1 N–H and O–H groups in total. The summed E-state index contributed by atoms with van der Waals surface area (Å²) in [6, 6.07) is 7.64. The smallest absolute Gasteiger partial charge is 0.248 e. The van der Waals surface area contributed by atoms with Crippen molar-refractivity contribution in [3.05, 3.63) is 35.4 Å². The van der Waals surface area contributed by atoms with Crippen LogP contribution in [0, 0.1) is 12.8 Å². The van der Waals surface area contributed by atoms with Crippen LogP contribution in [-0.4, -0.2) is 11.0 Å². The summed E-state index contributed by atoms with van der Waals surface area (Å²) in [5.41, 5.74) is 0.874. The van der Waals surface area contributed by atoms with Crippen LogP contribution in [0.4, 0.5) is 8.78 Å². The maximum atomic E-state index is 13.2. The summed E-state index contributed by atoms with van der Waals surface area (Å²) in [5.74, 6) is -2.62. The van der Waals surface area contributed by atoms with Crippen molar-refractivity contribution in [2.45, 2.75) is 51.1 Å². The van der Waals surface area contributed by atoms with E-state index in [4.69, 9.17) is 0 Å². The van der Waals surface area contributed by atoms with Crippen molar-refractivity contribution in [3.8, 4) is 0 Å². The second-order valence-corrected chi connectivity index (χ2v) is 5.81. The molecule has 0 aromatic heterocycles. The molecule has 18 heavy (non-hydrogen) atoms. The van der Waals surface area contributed by atoms with E-state index in [9.17, 15) is 13.9 Å². The van der Waals surface area contributed by atoms with Gasteiger partial charge in [0, 0.05) is 12.8 Å². The third kappa shape index (κ3) is 3.08. The Morgan fingerprint density at radius 2 is 2.17 bits per heavy atom. The maximum Gasteiger partial charge on any atom is 0.248 e. The van der Waals surface area contributed by atoms with Gasteiger partial charge >= 0.3 is 0 Å². The normalized spacial score (nSPS) is 25.9. The van der Waals surface area contributed by atoms with Crippen molar-refractivity contribution >= 4 is 0 Å². The van der Waals surface area contributed by atoms with Crippen LogP contribution in [0.3, 0.4) is 0 Å². The van der Waals surface area contributed by atoms with Gasteiger partial charge in [-0.3, -0.25) is 0 Å². The number of hydrogen-bond donors (Lipinski definition) is 1. The molecule has 1 fully saturated rings. The lowest BCUT2D eigenvalue weighted by Gasteiger charge is -2.27. The molecule has 0 radical (unpaired) electrons. The standard InChI is InChI=1S/C15H20F2O/c1-11-4-3-5-13(8-11)14(2,18)9-12-6-7-15(16,17)10-12/h3-5,8,12,18H,6-7,9-10H2,1-2H3. The van der Waals surface area contributed by atoms with E-state index in [0.717, 1.165) is 11.1 Å². The third-order valence-corrected chi connectivity index (χ3v) is 3.83. The number of aryl methyl sites for hydroxylation is 1. The average Bonchev–Trinajstić information content (AvgIpc) is 2.57. The zero-order chi connectivity index (χ0) is 13.4. The van der Waals surface area contributed by atoms with E-state index in [1.165, 1.54) is 0 Å². The molecule has 1 aliphatic rings. The first kappa shape index (κ1) is 13.5. The molecule has 0 saturated heterocycles. The first-order chi connectivity index (χ1) is 8.28. The highest BCUT2D eigenvalue weighted by atomic mass is 19.3. The number of alkyl halides is 2. The Hall–Kier alpha value is -0.960. The fourth-order valence-corrected chi connectivity index (χ4v) is 2.88. The SMILES string of the molecule is Cc1cccc(C(C)(O)CC2CCC(F)(F)C2)c1. The first-order valence-electron chi connectivity index (χ1n) is 6.46. The predicted molar refractivity (Wildman–Crippen MR) is 67.7 cm³/mol. The van der Waals surface area contributed by atoms with Gasteiger partial charge in [-0.1, -0.05) is 29.8 Å². The van der Waals surface area contributed by atoms with Crippen molar-refractivity contribution in [2.24, 2.45) is 5.92 Å². The topological polar surface area (TPSA) is 20.2 Å². The molecule has 0 aliphatic heterocycles. The molecule has 1 nitrogen and oxygen atoms in total. The second-order valence-electron chi connectivity index (χ2n) is 5.81. The minimum absolute atomic E-state index is 0.0401. The van der Waals surface area contributed by atoms with Crippen molar-refractivity contribution in [1.29, 1.82) is 0 Å². The highest BCUT2D eigenvalue weighted by molar-refractivity contribution is 5.27. The van der Waals surface area contributed by atoms with Gasteiger partial charge in [0.1, 0.15) is 0 Å². The maximum absolute atomic E-state index is 13.2. The first-order valence-corrected chi connectivity index (χ1v) is 6.46. The summed E-state index contributed by atoms with van der Waals surface area (Å²) >= 11 is 0. The van der Waals surface area contributed by atoms with Crippen molar-refractivity contribution < 1.29 is 13.9 Å². The molecule has 3 heteroatoms. The molecule has 1 aromatic carbocycles. The monoisotopic (exact) mass is 254 g/mol. The quantitative estimate of drug-likeness (QED) is 0.863. The Balaban J connectivity index is 2.08. The average molecular weight is 254 g/mol. The summed E-state index contributed by atoms with van der Waals surface area (Å²) < 4.78 is 26.3. The van der Waals surface area contributed by atoms with Crippen LogP contribution in [0.5, 0.6) is 0 Å².